The van der Waals surface area contributed by atoms with Crippen LogP contribution in [0, 0.1) is 0 Å². The number of nitrogens with zero attached hydrogens (tertiary/aromatic N) is 2. The van der Waals surface area contributed by atoms with E-state index < -0.39 is 0 Å². The van der Waals surface area contributed by atoms with Crippen LogP contribution in [0.1, 0.15) is 67.2 Å². The Morgan fingerprint density at radius 1 is 0.935 bits per heavy atom. The number of hydrogen-bond donors (Lipinski definition) is 0. The smallest absolute Gasteiger partial charge is 0.123 e. The Balaban J connectivity index is 1.36. The highest BCUT2D eigenvalue weighted by atomic mass is 16.5. The first-order valence-corrected chi connectivity index (χ1v) is 12.2. The molecule has 0 amide bonds. The van der Waals surface area contributed by atoms with Crippen molar-refractivity contribution in [2.75, 3.05) is 46.4 Å². The average Bonchev–Trinajstić information content (AvgIpc) is 3.31. The van der Waals surface area contributed by atoms with Crippen LogP contribution in [0.4, 0.5) is 0 Å². The summed E-state index contributed by atoms with van der Waals surface area (Å²) in [6.45, 7) is 6.77. The Hall–Kier alpha value is -2.04. The molecule has 0 unspecified atom stereocenters. The molecule has 4 nitrogen and oxygen atoms in total. The monoisotopic (exact) mass is 420 g/mol. The van der Waals surface area contributed by atoms with Gasteiger partial charge in [-0.05, 0) is 81.1 Å². The van der Waals surface area contributed by atoms with Gasteiger partial charge in [0.2, 0.25) is 0 Å². The Bertz CT molecular complexity index is 860. The molecule has 2 aromatic rings. The summed E-state index contributed by atoms with van der Waals surface area (Å²) in [5.74, 6) is 2.37. The zero-order valence-electron chi connectivity index (χ0n) is 18.9. The minimum Gasteiger partial charge on any atom is -0.497 e. The summed E-state index contributed by atoms with van der Waals surface area (Å²) >= 11 is 0. The van der Waals surface area contributed by atoms with Gasteiger partial charge in [-0.3, -0.25) is 4.90 Å². The highest BCUT2D eigenvalue weighted by Crippen LogP contribution is 2.47. The molecule has 0 aliphatic carbocycles. The summed E-state index contributed by atoms with van der Waals surface area (Å²) in [6.07, 6.45) is 7.77. The fraction of sp³-hybridized carbons (Fsp3) is 0.556. The molecule has 3 aliphatic rings. The van der Waals surface area contributed by atoms with Crippen molar-refractivity contribution in [2.45, 2.75) is 50.5 Å². The SMILES string of the molecule is COc1ccc([C@H]2CN3CCC[C@@H]3c3cccc(OCCCN4CCCCC4)c32)cc1. The van der Waals surface area contributed by atoms with Crippen molar-refractivity contribution in [1.82, 2.24) is 9.80 Å². The van der Waals surface area contributed by atoms with Crippen molar-refractivity contribution in [2.24, 2.45) is 0 Å². The summed E-state index contributed by atoms with van der Waals surface area (Å²) in [4.78, 5) is 5.28. The molecule has 3 aliphatic heterocycles. The standard InChI is InChI=1S/C27H36N2O2/c1-30-22-13-11-21(12-14-22)24-20-29-18-6-9-25(29)23-8-5-10-26(27(23)24)31-19-7-17-28-15-3-2-4-16-28/h5,8,10-14,24-25H,2-4,6-7,9,15-20H2,1H3/t24-,25-/m1/s1. The third kappa shape index (κ3) is 4.47. The van der Waals surface area contributed by atoms with Gasteiger partial charge in [0.15, 0.2) is 0 Å². The van der Waals surface area contributed by atoms with Gasteiger partial charge in [0.25, 0.3) is 0 Å². The summed E-state index contributed by atoms with van der Waals surface area (Å²) in [5, 5.41) is 0. The maximum absolute atomic E-state index is 6.47. The van der Waals surface area contributed by atoms with Crippen molar-refractivity contribution in [3.05, 3.63) is 59.2 Å². The van der Waals surface area contributed by atoms with Gasteiger partial charge in [-0.2, -0.15) is 0 Å². The topological polar surface area (TPSA) is 24.9 Å². The lowest BCUT2D eigenvalue weighted by Crippen LogP contribution is -2.35. The van der Waals surface area contributed by atoms with E-state index in [-0.39, 0.29) is 0 Å². The molecule has 2 fully saturated rings. The number of ether oxygens (including phenoxy) is 2. The Morgan fingerprint density at radius 3 is 2.58 bits per heavy atom. The number of benzene rings is 2. The van der Waals surface area contributed by atoms with Crippen LogP contribution >= 0.6 is 0 Å². The molecule has 5 rings (SSSR count). The zero-order valence-corrected chi connectivity index (χ0v) is 18.9. The number of likely N-dealkylation sites (tertiary alicyclic amines) is 1. The van der Waals surface area contributed by atoms with E-state index in [0.717, 1.165) is 37.6 Å². The van der Waals surface area contributed by atoms with Crippen LogP contribution in [0.25, 0.3) is 0 Å². The van der Waals surface area contributed by atoms with E-state index >= 15 is 0 Å². The number of hydrogen-bond acceptors (Lipinski definition) is 4. The Labute approximate surface area is 187 Å². The van der Waals surface area contributed by atoms with Crippen LogP contribution in [0.2, 0.25) is 0 Å². The molecule has 31 heavy (non-hydrogen) atoms. The number of methoxy groups -OCH3 is 1. The molecule has 0 aromatic heterocycles. The quantitative estimate of drug-likeness (QED) is 0.573. The maximum atomic E-state index is 6.47. The lowest BCUT2D eigenvalue weighted by molar-refractivity contribution is 0.200. The molecular weight excluding hydrogens is 384 g/mol. The van der Waals surface area contributed by atoms with Gasteiger partial charge in [-0.25, -0.2) is 0 Å². The number of fused-ring (bicyclic) bond motifs is 3. The molecule has 0 N–H and O–H groups in total. The second kappa shape index (κ2) is 9.62. The zero-order chi connectivity index (χ0) is 21.0. The maximum Gasteiger partial charge on any atom is 0.123 e. The van der Waals surface area contributed by atoms with Gasteiger partial charge < -0.3 is 14.4 Å². The van der Waals surface area contributed by atoms with E-state index in [1.165, 1.54) is 68.4 Å². The summed E-state index contributed by atoms with van der Waals surface area (Å²) in [6, 6.07) is 15.9. The summed E-state index contributed by atoms with van der Waals surface area (Å²) < 4.78 is 11.9. The fourth-order valence-electron chi connectivity index (χ4n) is 5.83. The number of piperidine rings is 1. The normalized spacial score (nSPS) is 23.9. The molecule has 166 valence electrons. The molecule has 0 saturated carbocycles. The molecule has 2 atom stereocenters. The number of rotatable bonds is 7. The van der Waals surface area contributed by atoms with Crippen LogP contribution < -0.4 is 9.47 Å². The average molecular weight is 421 g/mol. The third-order valence-corrected chi connectivity index (χ3v) is 7.43. The Kier molecular flexibility index (Phi) is 6.47. The van der Waals surface area contributed by atoms with E-state index in [1.54, 1.807) is 7.11 Å². The van der Waals surface area contributed by atoms with Gasteiger partial charge >= 0.3 is 0 Å². The van der Waals surface area contributed by atoms with Crippen LogP contribution in [0.3, 0.4) is 0 Å². The van der Waals surface area contributed by atoms with Gasteiger partial charge in [0.1, 0.15) is 11.5 Å². The van der Waals surface area contributed by atoms with E-state index in [4.69, 9.17) is 9.47 Å². The molecule has 2 saturated heterocycles. The minimum absolute atomic E-state index is 0.355. The highest BCUT2D eigenvalue weighted by Gasteiger charge is 2.38. The first-order chi connectivity index (χ1) is 15.3. The first-order valence-electron chi connectivity index (χ1n) is 12.2. The Morgan fingerprint density at radius 2 is 1.77 bits per heavy atom. The molecular formula is C27H36N2O2. The summed E-state index contributed by atoms with van der Waals surface area (Å²) in [7, 11) is 1.73. The lowest BCUT2D eigenvalue weighted by Gasteiger charge is -2.38. The van der Waals surface area contributed by atoms with Crippen LogP contribution in [0.5, 0.6) is 11.5 Å². The lowest BCUT2D eigenvalue weighted by atomic mass is 9.81. The van der Waals surface area contributed by atoms with E-state index in [9.17, 15) is 0 Å². The molecule has 4 heteroatoms. The van der Waals surface area contributed by atoms with E-state index in [1.807, 2.05) is 0 Å². The van der Waals surface area contributed by atoms with Crippen LogP contribution in [-0.4, -0.2) is 56.2 Å². The van der Waals surface area contributed by atoms with Gasteiger partial charge in [0, 0.05) is 30.6 Å². The van der Waals surface area contributed by atoms with Gasteiger partial charge in [-0.1, -0.05) is 30.7 Å². The van der Waals surface area contributed by atoms with Gasteiger partial charge in [-0.15, -0.1) is 0 Å². The van der Waals surface area contributed by atoms with Crippen molar-refractivity contribution in [1.29, 1.82) is 0 Å². The molecule has 3 heterocycles. The second-order valence-corrected chi connectivity index (χ2v) is 9.34. The van der Waals surface area contributed by atoms with E-state index in [2.05, 4.69) is 52.3 Å². The molecule has 2 aromatic carbocycles. The van der Waals surface area contributed by atoms with Gasteiger partial charge in [0.05, 0.1) is 13.7 Å². The van der Waals surface area contributed by atoms with Crippen molar-refractivity contribution in [3.8, 4) is 11.5 Å². The summed E-state index contributed by atoms with van der Waals surface area (Å²) in [5.41, 5.74) is 4.27. The molecule has 0 bridgehead atoms. The highest BCUT2D eigenvalue weighted by molar-refractivity contribution is 5.51. The fourth-order valence-corrected chi connectivity index (χ4v) is 5.83. The van der Waals surface area contributed by atoms with E-state index in [0.29, 0.717) is 12.0 Å². The predicted molar refractivity (Wildman–Crippen MR) is 125 cm³/mol. The van der Waals surface area contributed by atoms with Crippen LogP contribution in [0.15, 0.2) is 42.5 Å². The second-order valence-electron chi connectivity index (χ2n) is 9.34. The van der Waals surface area contributed by atoms with Crippen molar-refractivity contribution < 1.29 is 9.47 Å². The van der Waals surface area contributed by atoms with Crippen molar-refractivity contribution in [3.63, 3.8) is 0 Å². The van der Waals surface area contributed by atoms with Crippen molar-refractivity contribution >= 4 is 0 Å². The first kappa shape index (κ1) is 20.8. The largest absolute Gasteiger partial charge is 0.497 e. The predicted octanol–water partition coefficient (Wildman–Crippen LogP) is 5.23. The third-order valence-electron chi connectivity index (χ3n) is 7.43. The minimum atomic E-state index is 0.355. The molecule has 0 radical (unpaired) electrons. The molecule has 0 spiro atoms. The van der Waals surface area contributed by atoms with Crippen LogP contribution in [-0.2, 0) is 0 Å².